The molecule has 5 nitrogen and oxygen atoms in total. The van der Waals surface area contributed by atoms with Crippen molar-refractivity contribution in [3.05, 3.63) is 53.5 Å². The summed E-state index contributed by atoms with van der Waals surface area (Å²) in [6.07, 6.45) is 0. The van der Waals surface area contributed by atoms with Gasteiger partial charge >= 0.3 is 11.5 Å². The van der Waals surface area contributed by atoms with Crippen molar-refractivity contribution >= 4 is 0 Å². The van der Waals surface area contributed by atoms with Crippen molar-refractivity contribution in [3.8, 4) is 11.1 Å². The van der Waals surface area contributed by atoms with Crippen molar-refractivity contribution in [3.63, 3.8) is 0 Å². The van der Waals surface area contributed by atoms with Crippen LogP contribution in [0.15, 0.2) is 40.8 Å². The third-order valence-corrected chi connectivity index (χ3v) is 2.50. The maximum Gasteiger partial charge on any atom is 0.327 e. The molecule has 2 aromatic rings. The molecule has 0 saturated heterocycles. The van der Waals surface area contributed by atoms with Gasteiger partial charge in [-0.15, -0.1) is 10.2 Å². The lowest BCUT2D eigenvalue weighted by molar-refractivity contribution is -2.00. The minimum absolute atomic E-state index is 0.952. The molecule has 6 heteroatoms. The Balaban J connectivity index is 0.000000347. The number of aryl methyl sites for hydroxylation is 3. The normalized spacial score (nSPS) is 10.8. The number of hydrogen-bond acceptors (Lipinski definition) is 4. The maximum atomic E-state index is 8.49. The van der Waals surface area contributed by atoms with E-state index in [0.717, 1.165) is 11.5 Å². The van der Waals surface area contributed by atoms with Gasteiger partial charge in [0.05, 0.1) is 13.8 Å². The molecule has 1 aromatic heterocycles. The van der Waals surface area contributed by atoms with Crippen LogP contribution in [0.3, 0.4) is 0 Å². The van der Waals surface area contributed by atoms with Crippen LogP contribution in [0.2, 0.25) is 0 Å². The predicted molar refractivity (Wildman–Crippen MR) is 62.8 cm³/mol. The van der Waals surface area contributed by atoms with Crippen LogP contribution < -0.4 is 18.6 Å². The number of rotatable bonds is 1. The van der Waals surface area contributed by atoms with Gasteiger partial charge in [0.25, 0.3) is 0 Å². The summed E-state index contributed by atoms with van der Waals surface area (Å²) in [5.74, 6) is 1.90. The SMILES string of the molecule is Cc1cc(-c2ccccc2C)cc(C)[o+]1.[O-][Cl+3]([O-])([O-])[O-]. The van der Waals surface area contributed by atoms with E-state index in [2.05, 4.69) is 43.3 Å². The maximum absolute atomic E-state index is 8.49. The Bertz CT molecular complexity index is 552. The average molecular weight is 299 g/mol. The van der Waals surface area contributed by atoms with E-state index in [4.69, 9.17) is 23.1 Å². The van der Waals surface area contributed by atoms with Crippen molar-refractivity contribution < 1.29 is 33.3 Å². The second-order valence-electron chi connectivity index (χ2n) is 4.26. The van der Waals surface area contributed by atoms with Gasteiger partial charge in [0.2, 0.25) is 0 Å². The first-order chi connectivity index (χ1) is 9.16. The fraction of sp³-hybridized carbons (Fsp3) is 0.214. The zero-order valence-electron chi connectivity index (χ0n) is 11.4. The van der Waals surface area contributed by atoms with Gasteiger partial charge in [-0.25, -0.2) is 23.1 Å². The lowest BCUT2D eigenvalue weighted by Gasteiger charge is -2.17. The number of halogens is 1. The zero-order valence-corrected chi connectivity index (χ0v) is 12.1. The summed E-state index contributed by atoms with van der Waals surface area (Å²) in [4.78, 5) is 0. The van der Waals surface area contributed by atoms with Crippen LogP contribution in [-0.4, -0.2) is 0 Å². The number of benzene rings is 1. The van der Waals surface area contributed by atoms with Crippen molar-refractivity contribution in [2.24, 2.45) is 0 Å². The fourth-order valence-corrected chi connectivity index (χ4v) is 1.84. The lowest BCUT2D eigenvalue weighted by atomic mass is 10.0. The molecule has 0 aliphatic heterocycles. The minimum atomic E-state index is -4.94. The lowest BCUT2D eigenvalue weighted by Crippen LogP contribution is -2.68. The van der Waals surface area contributed by atoms with Crippen molar-refractivity contribution in [1.82, 2.24) is 0 Å². The van der Waals surface area contributed by atoms with E-state index in [1.807, 2.05) is 13.8 Å². The molecule has 0 unspecified atom stereocenters. The molecule has 0 N–H and O–H groups in total. The van der Waals surface area contributed by atoms with Gasteiger partial charge in [0, 0.05) is 12.1 Å². The monoisotopic (exact) mass is 298 g/mol. The van der Waals surface area contributed by atoms with Gasteiger partial charge < -0.3 is 0 Å². The molecule has 1 aromatic carbocycles. The molecule has 2 rings (SSSR count). The molecule has 20 heavy (non-hydrogen) atoms. The first-order valence-corrected chi connectivity index (χ1v) is 6.99. The quantitative estimate of drug-likeness (QED) is 0.654. The van der Waals surface area contributed by atoms with Crippen LogP contribution in [-0.2, 0) is 0 Å². The molecule has 0 amide bonds. The molecule has 0 aliphatic rings. The first-order valence-electron chi connectivity index (χ1n) is 5.76. The Morgan fingerprint density at radius 2 is 1.30 bits per heavy atom. The summed E-state index contributed by atoms with van der Waals surface area (Å²) >= 11 is 0. The summed E-state index contributed by atoms with van der Waals surface area (Å²) < 4.78 is 39.5. The molecule has 108 valence electrons. The van der Waals surface area contributed by atoms with E-state index in [0.29, 0.717) is 0 Å². The van der Waals surface area contributed by atoms with Gasteiger partial charge in [-0.05, 0) is 23.6 Å². The molecule has 0 aliphatic carbocycles. The van der Waals surface area contributed by atoms with Crippen LogP contribution in [0.25, 0.3) is 11.1 Å². The van der Waals surface area contributed by atoms with E-state index in [9.17, 15) is 0 Å². The molecule has 0 fully saturated rings. The van der Waals surface area contributed by atoms with Gasteiger partial charge in [0.15, 0.2) is 0 Å². The highest BCUT2D eigenvalue weighted by Crippen LogP contribution is 2.24. The molecule has 0 bridgehead atoms. The molecular formula is C14H15ClO5. The van der Waals surface area contributed by atoms with Gasteiger partial charge in [-0.1, -0.05) is 24.3 Å². The Labute approximate surface area is 119 Å². The summed E-state index contributed by atoms with van der Waals surface area (Å²) in [6, 6.07) is 12.6. The first kappa shape index (κ1) is 16.6. The Morgan fingerprint density at radius 3 is 1.75 bits per heavy atom. The van der Waals surface area contributed by atoms with E-state index >= 15 is 0 Å². The Morgan fingerprint density at radius 1 is 0.850 bits per heavy atom. The minimum Gasteiger partial charge on any atom is -0.222 e. The smallest absolute Gasteiger partial charge is 0.222 e. The molecular weight excluding hydrogens is 284 g/mol. The highest BCUT2D eigenvalue weighted by molar-refractivity contribution is 5.67. The van der Waals surface area contributed by atoms with Gasteiger partial charge in [-0.2, -0.15) is 0 Å². The zero-order chi connectivity index (χ0) is 15.3. The average Bonchev–Trinajstić information content (AvgIpc) is 2.25. The molecule has 0 atom stereocenters. The van der Waals surface area contributed by atoms with E-state index < -0.39 is 10.2 Å². The van der Waals surface area contributed by atoms with Crippen LogP contribution in [0.1, 0.15) is 17.1 Å². The fourth-order valence-electron chi connectivity index (χ4n) is 1.84. The molecule has 0 spiro atoms. The van der Waals surface area contributed by atoms with Crippen molar-refractivity contribution in [1.29, 1.82) is 0 Å². The Hall–Kier alpha value is -1.50. The second kappa shape index (κ2) is 6.78. The summed E-state index contributed by atoms with van der Waals surface area (Å²) in [7, 11) is -4.94. The summed E-state index contributed by atoms with van der Waals surface area (Å²) in [5.41, 5.74) is 3.80. The summed E-state index contributed by atoms with van der Waals surface area (Å²) in [6.45, 7) is 6.09. The van der Waals surface area contributed by atoms with Crippen LogP contribution in [0.4, 0.5) is 0 Å². The number of hydrogen-bond donors (Lipinski definition) is 0. The highest BCUT2D eigenvalue weighted by Gasteiger charge is 2.10. The van der Waals surface area contributed by atoms with Gasteiger partial charge in [-0.3, -0.25) is 0 Å². The molecule has 0 radical (unpaired) electrons. The Kier molecular flexibility index (Phi) is 5.62. The van der Waals surface area contributed by atoms with E-state index in [-0.39, 0.29) is 0 Å². The van der Waals surface area contributed by atoms with E-state index in [1.54, 1.807) is 0 Å². The predicted octanol–water partition coefficient (Wildman–Crippen LogP) is -0.603. The van der Waals surface area contributed by atoms with Crippen LogP contribution in [0.5, 0.6) is 0 Å². The van der Waals surface area contributed by atoms with Crippen LogP contribution >= 0.6 is 0 Å². The highest BCUT2D eigenvalue weighted by atomic mass is 35.7. The van der Waals surface area contributed by atoms with Crippen molar-refractivity contribution in [2.75, 3.05) is 0 Å². The third-order valence-electron chi connectivity index (χ3n) is 2.50. The standard InChI is InChI=1S/C14H15O.ClHO4/c1-10-6-4-5-7-14(10)13-8-11(2)15-12(3)9-13;2-1(3,4)5/h4-9H,1-3H3;(H,2,3,4,5)/q+1;/p-1. The third kappa shape index (κ3) is 6.10. The largest absolute Gasteiger partial charge is 0.327 e. The van der Waals surface area contributed by atoms with Crippen molar-refractivity contribution in [2.45, 2.75) is 20.8 Å². The van der Waals surface area contributed by atoms with Crippen LogP contribution in [0, 0.1) is 31.0 Å². The molecule has 0 saturated carbocycles. The van der Waals surface area contributed by atoms with Gasteiger partial charge in [0.1, 0.15) is 0 Å². The summed E-state index contributed by atoms with van der Waals surface area (Å²) in [5, 5.41) is 0. The topological polar surface area (TPSA) is 104 Å². The second-order valence-corrected chi connectivity index (χ2v) is 5.02. The molecule has 1 heterocycles. The van der Waals surface area contributed by atoms with E-state index in [1.165, 1.54) is 16.7 Å².